The molecule has 0 spiro atoms. The Kier molecular flexibility index (Phi) is 5.98. The van der Waals surface area contributed by atoms with Gasteiger partial charge in [-0.2, -0.15) is 4.31 Å². The third kappa shape index (κ3) is 3.76. The molecule has 1 saturated heterocycles. The van der Waals surface area contributed by atoms with E-state index in [0.717, 1.165) is 27.8 Å². The lowest BCUT2D eigenvalue weighted by atomic mass is 9.95. The molecule has 0 aliphatic carbocycles. The summed E-state index contributed by atoms with van der Waals surface area (Å²) in [7, 11) is -3.64. The van der Waals surface area contributed by atoms with Gasteiger partial charge in [-0.15, -0.1) is 0 Å². The molecule has 1 N–H and O–H groups in total. The summed E-state index contributed by atoms with van der Waals surface area (Å²) in [6, 6.07) is 3.42. The summed E-state index contributed by atoms with van der Waals surface area (Å²) in [6.45, 7) is 10.9. The van der Waals surface area contributed by atoms with Crippen molar-refractivity contribution in [2.75, 3.05) is 26.2 Å². The van der Waals surface area contributed by atoms with Crippen LogP contribution < -0.4 is 0 Å². The van der Waals surface area contributed by atoms with Gasteiger partial charge in [0.25, 0.3) is 5.91 Å². The van der Waals surface area contributed by atoms with E-state index in [1.807, 2.05) is 34.6 Å². The van der Waals surface area contributed by atoms with Crippen LogP contribution in [0.5, 0.6) is 0 Å². The van der Waals surface area contributed by atoms with Gasteiger partial charge >= 0.3 is 0 Å². The van der Waals surface area contributed by atoms with Crippen molar-refractivity contribution in [3.05, 3.63) is 56.4 Å². The fraction of sp³-hybridized carbons (Fsp3) is 0.429. The molecule has 1 aliphatic rings. The number of benzene rings is 1. The number of piperazine rings is 1. The lowest BCUT2D eigenvalue weighted by Gasteiger charge is -2.35. The van der Waals surface area contributed by atoms with Crippen LogP contribution in [0.4, 0.5) is 0 Å². The number of H-pyrrole nitrogens is 1. The maximum Gasteiger partial charge on any atom is 0.256 e. The third-order valence-electron chi connectivity index (χ3n) is 6.10. The smallest absolute Gasteiger partial charge is 0.256 e. The molecule has 2 aromatic rings. The minimum Gasteiger partial charge on any atom is -0.352 e. The van der Waals surface area contributed by atoms with Gasteiger partial charge in [-0.25, -0.2) is 8.42 Å². The number of aromatic amines is 1. The second kappa shape index (κ2) is 8.01. The van der Waals surface area contributed by atoms with Crippen molar-refractivity contribution in [2.45, 2.75) is 39.5 Å². The Balaban J connectivity index is 1.85. The highest BCUT2D eigenvalue weighted by molar-refractivity contribution is 7.89. The molecule has 8 heteroatoms. The lowest BCUT2D eigenvalue weighted by Crippen LogP contribution is -2.50. The number of rotatable bonds is 3. The molecular formula is C21H27N3O3S2. The summed E-state index contributed by atoms with van der Waals surface area (Å²) in [6.07, 6.45) is 1.68. The summed E-state index contributed by atoms with van der Waals surface area (Å²) < 4.78 is 28.8. The zero-order valence-electron chi connectivity index (χ0n) is 17.5. The molecule has 0 unspecified atom stereocenters. The summed E-state index contributed by atoms with van der Waals surface area (Å²) >= 11 is 5.20. The van der Waals surface area contributed by atoms with Gasteiger partial charge < -0.3 is 9.88 Å². The lowest BCUT2D eigenvalue weighted by molar-refractivity contribution is 0.0697. The van der Waals surface area contributed by atoms with Crippen molar-refractivity contribution in [3.8, 4) is 0 Å². The van der Waals surface area contributed by atoms with Crippen LogP contribution in [-0.4, -0.2) is 54.7 Å². The fourth-order valence-corrected chi connectivity index (χ4v) is 6.08. The first-order chi connectivity index (χ1) is 13.6. The van der Waals surface area contributed by atoms with Crippen LogP contribution in [0.1, 0.15) is 38.2 Å². The molecule has 1 aliphatic heterocycles. The highest BCUT2D eigenvalue weighted by Crippen LogP contribution is 2.32. The average molecular weight is 434 g/mol. The van der Waals surface area contributed by atoms with Crippen molar-refractivity contribution in [2.24, 2.45) is 0 Å². The predicted octanol–water partition coefficient (Wildman–Crippen LogP) is 3.43. The van der Waals surface area contributed by atoms with Crippen molar-refractivity contribution in [1.82, 2.24) is 14.2 Å². The summed E-state index contributed by atoms with van der Waals surface area (Å²) in [5.41, 5.74) is 5.21. The van der Waals surface area contributed by atoms with Gasteiger partial charge in [0.1, 0.15) is 4.64 Å². The first-order valence-electron chi connectivity index (χ1n) is 9.61. The van der Waals surface area contributed by atoms with Crippen LogP contribution in [-0.2, 0) is 10.0 Å². The number of hydrogen-bond acceptors (Lipinski definition) is 4. The zero-order valence-corrected chi connectivity index (χ0v) is 19.1. The highest BCUT2D eigenvalue weighted by Gasteiger charge is 2.33. The van der Waals surface area contributed by atoms with E-state index in [1.165, 1.54) is 4.31 Å². The Morgan fingerprint density at radius 2 is 1.45 bits per heavy atom. The van der Waals surface area contributed by atoms with Crippen molar-refractivity contribution >= 4 is 28.1 Å². The van der Waals surface area contributed by atoms with Crippen LogP contribution in [0.2, 0.25) is 0 Å². The Labute approximate surface area is 177 Å². The summed E-state index contributed by atoms with van der Waals surface area (Å²) in [5, 5.41) is 0. The molecule has 2 heterocycles. The largest absolute Gasteiger partial charge is 0.352 e. The summed E-state index contributed by atoms with van der Waals surface area (Å²) in [5.74, 6) is -0.168. The van der Waals surface area contributed by atoms with Gasteiger partial charge in [0.15, 0.2) is 0 Å². The summed E-state index contributed by atoms with van der Waals surface area (Å²) in [4.78, 5) is 17.7. The molecule has 0 radical (unpaired) electrons. The Hall–Kier alpha value is -2.03. The molecule has 1 aromatic carbocycles. The van der Waals surface area contributed by atoms with Crippen molar-refractivity contribution in [3.63, 3.8) is 0 Å². The molecule has 1 fully saturated rings. The maximum absolute atomic E-state index is 13.4. The number of amides is 1. The minimum atomic E-state index is -3.64. The number of carbonyl (C=O) groups excluding carboxylic acids is 1. The first-order valence-corrected chi connectivity index (χ1v) is 11.5. The third-order valence-corrected chi connectivity index (χ3v) is 8.61. The van der Waals surface area contributed by atoms with E-state index in [2.05, 4.69) is 4.98 Å². The standard InChI is InChI=1S/C21H27N3O3S2/c1-13-14(2)16(4)19(17(5)15(13)3)29(26,27)24-11-9-23(10-12-24)21(25)18-7-6-8-22-20(18)28/h6-8H,9-12H2,1-5H3,(H,22,28). The minimum absolute atomic E-state index is 0.168. The second-order valence-corrected chi connectivity index (χ2v) is 9.85. The van der Waals surface area contributed by atoms with Gasteiger partial charge in [-0.05, 0) is 74.6 Å². The Bertz CT molecular complexity index is 1100. The van der Waals surface area contributed by atoms with Crippen LogP contribution in [0.15, 0.2) is 23.2 Å². The van der Waals surface area contributed by atoms with Gasteiger partial charge in [0.2, 0.25) is 10.0 Å². The Morgan fingerprint density at radius 1 is 0.931 bits per heavy atom. The van der Waals surface area contributed by atoms with Gasteiger partial charge in [-0.1, -0.05) is 12.2 Å². The number of pyridine rings is 1. The van der Waals surface area contributed by atoms with E-state index in [9.17, 15) is 13.2 Å². The van der Waals surface area contributed by atoms with Crippen molar-refractivity contribution in [1.29, 1.82) is 0 Å². The number of sulfonamides is 1. The second-order valence-electron chi connectivity index (χ2n) is 7.56. The van der Waals surface area contributed by atoms with E-state index < -0.39 is 10.0 Å². The van der Waals surface area contributed by atoms with Crippen molar-refractivity contribution < 1.29 is 13.2 Å². The molecule has 29 heavy (non-hydrogen) atoms. The van der Waals surface area contributed by atoms with E-state index in [0.29, 0.717) is 28.2 Å². The van der Waals surface area contributed by atoms with Crippen LogP contribution >= 0.6 is 12.2 Å². The molecule has 0 saturated carbocycles. The predicted molar refractivity (Wildman–Crippen MR) is 116 cm³/mol. The van der Waals surface area contributed by atoms with Crippen LogP contribution in [0.3, 0.4) is 0 Å². The maximum atomic E-state index is 13.4. The molecule has 3 rings (SSSR count). The topological polar surface area (TPSA) is 73.5 Å². The number of carbonyl (C=O) groups is 1. The van der Waals surface area contributed by atoms with Gasteiger partial charge in [0.05, 0.1) is 10.5 Å². The van der Waals surface area contributed by atoms with E-state index in [1.54, 1.807) is 23.2 Å². The van der Waals surface area contributed by atoms with E-state index in [4.69, 9.17) is 12.2 Å². The quantitative estimate of drug-likeness (QED) is 0.753. The van der Waals surface area contributed by atoms with Gasteiger partial charge in [0, 0.05) is 32.4 Å². The monoisotopic (exact) mass is 433 g/mol. The molecule has 0 atom stereocenters. The molecule has 156 valence electrons. The van der Waals surface area contributed by atoms with Gasteiger partial charge in [-0.3, -0.25) is 4.79 Å². The SMILES string of the molecule is Cc1c(C)c(C)c(S(=O)(=O)N2CCN(C(=O)c3ccc[nH]c3=S)CC2)c(C)c1C. The molecule has 0 bridgehead atoms. The highest BCUT2D eigenvalue weighted by atomic mass is 32.2. The normalized spacial score (nSPS) is 15.6. The fourth-order valence-electron chi connectivity index (χ4n) is 3.87. The molecular weight excluding hydrogens is 406 g/mol. The van der Waals surface area contributed by atoms with E-state index >= 15 is 0 Å². The molecule has 1 aromatic heterocycles. The number of aromatic nitrogens is 1. The zero-order chi connectivity index (χ0) is 21.5. The van der Waals surface area contributed by atoms with E-state index in [-0.39, 0.29) is 19.0 Å². The molecule has 6 nitrogen and oxygen atoms in total. The number of nitrogens with zero attached hydrogens (tertiary/aromatic N) is 2. The number of nitrogens with one attached hydrogen (secondary N) is 1. The number of hydrogen-bond donors (Lipinski definition) is 1. The van der Waals surface area contributed by atoms with Crippen LogP contribution in [0, 0.1) is 39.3 Å². The first kappa shape index (κ1) is 21.7. The average Bonchev–Trinajstić information content (AvgIpc) is 2.70. The Morgan fingerprint density at radius 3 is 1.97 bits per heavy atom. The van der Waals surface area contributed by atoms with Crippen LogP contribution in [0.25, 0.3) is 0 Å². The molecule has 1 amide bonds.